The number of rotatable bonds is 13. The Kier molecular flexibility index (Phi) is 9.00. The molecular formula is C25H39N7. The molecule has 7 nitrogen and oxygen atoms in total. The van der Waals surface area contributed by atoms with Crippen LogP contribution in [0.4, 0.5) is 5.69 Å². The maximum absolute atomic E-state index is 4.80. The van der Waals surface area contributed by atoms with E-state index in [4.69, 9.17) is 4.98 Å². The molecule has 0 aliphatic heterocycles. The fourth-order valence-corrected chi connectivity index (χ4v) is 4.19. The number of aryl methyl sites for hydroxylation is 1. The number of benzene rings is 1. The first kappa shape index (κ1) is 24.1. The van der Waals surface area contributed by atoms with Crippen LogP contribution in [0.2, 0.25) is 0 Å². The van der Waals surface area contributed by atoms with E-state index >= 15 is 0 Å². The van der Waals surface area contributed by atoms with Crippen molar-refractivity contribution in [1.82, 2.24) is 29.3 Å². The van der Waals surface area contributed by atoms with Crippen LogP contribution in [-0.4, -0.2) is 81.7 Å². The van der Waals surface area contributed by atoms with Gasteiger partial charge in [-0.1, -0.05) is 27.7 Å². The first-order valence-corrected chi connectivity index (χ1v) is 12.1. The average Bonchev–Trinajstić information content (AvgIpc) is 3.22. The Morgan fingerprint density at radius 1 is 0.781 bits per heavy atom. The second kappa shape index (κ2) is 11.9. The third kappa shape index (κ3) is 5.64. The molecule has 0 aliphatic carbocycles. The Morgan fingerprint density at radius 2 is 1.38 bits per heavy atom. The van der Waals surface area contributed by atoms with E-state index in [1.165, 1.54) is 5.69 Å². The van der Waals surface area contributed by atoms with Crippen LogP contribution in [0.3, 0.4) is 0 Å². The van der Waals surface area contributed by atoms with E-state index in [2.05, 4.69) is 88.1 Å². The number of anilines is 1. The molecule has 3 aromatic rings. The molecule has 2 heterocycles. The highest BCUT2D eigenvalue weighted by Crippen LogP contribution is 2.25. The summed E-state index contributed by atoms with van der Waals surface area (Å²) in [7, 11) is 0. The summed E-state index contributed by atoms with van der Waals surface area (Å²) in [4.78, 5) is 20.9. The molecule has 0 bridgehead atoms. The first-order chi connectivity index (χ1) is 15.6. The zero-order valence-corrected chi connectivity index (χ0v) is 20.5. The van der Waals surface area contributed by atoms with E-state index in [0.29, 0.717) is 0 Å². The molecule has 0 saturated heterocycles. The van der Waals surface area contributed by atoms with Crippen molar-refractivity contribution in [3.8, 4) is 11.4 Å². The van der Waals surface area contributed by atoms with Gasteiger partial charge in [0.25, 0.3) is 0 Å². The van der Waals surface area contributed by atoms with Crippen LogP contribution < -0.4 is 4.90 Å². The second-order valence-corrected chi connectivity index (χ2v) is 8.00. The Morgan fingerprint density at radius 3 is 1.91 bits per heavy atom. The lowest BCUT2D eigenvalue weighted by atomic mass is 10.1. The van der Waals surface area contributed by atoms with Crippen LogP contribution in [0.15, 0.2) is 36.8 Å². The molecule has 0 fully saturated rings. The maximum Gasteiger partial charge on any atom is 0.163 e. The molecule has 174 valence electrons. The predicted octanol–water partition coefficient (Wildman–Crippen LogP) is 4.00. The molecule has 0 N–H and O–H groups in total. The molecule has 0 unspecified atom stereocenters. The highest BCUT2D eigenvalue weighted by molar-refractivity contribution is 5.76. The summed E-state index contributed by atoms with van der Waals surface area (Å²) >= 11 is 0. The van der Waals surface area contributed by atoms with Crippen molar-refractivity contribution in [1.29, 1.82) is 0 Å². The molecule has 0 atom stereocenters. The zero-order chi connectivity index (χ0) is 22.9. The van der Waals surface area contributed by atoms with Gasteiger partial charge in [0.2, 0.25) is 0 Å². The molecule has 0 radical (unpaired) electrons. The molecular weight excluding hydrogens is 398 g/mol. The number of fused-ring (bicyclic) bond motifs is 1. The monoisotopic (exact) mass is 437 g/mol. The van der Waals surface area contributed by atoms with Gasteiger partial charge in [0, 0.05) is 44.0 Å². The van der Waals surface area contributed by atoms with Gasteiger partial charge in [-0.25, -0.2) is 15.0 Å². The molecule has 3 rings (SSSR count). The van der Waals surface area contributed by atoms with Crippen molar-refractivity contribution < 1.29 is 0 Å². The van der Waals surface area contributed by atoms with Crippen molar-refractivity contribution in [2.75, 3.05) is 57.3 Å². The largest absolute Gasteiger partial charge is 0.369 e. The van der Waals surface area contributed by atoms with E-state index < -0.39 is 0 Å². The number of nitrogens with zero attached hydrogens (tertiary/aromatic N) is 7. The molecule has 1 aromatic carbocycles. The Hall–Kier alpha value is -2.51. The summed E-state index contributed by atoms with van der Waals surface area (Å²) in [5.41, 5.74) is 4.11. The standard InChI is InChI=1S/C25H39N7/c1-6-29(7-2)15-17-31(18-16-30(8-3)9-4)22-13-11-21(12-14-22)24-28-23-19-26-20-27-25(23)32(24)10-5/h11-14,19-20H,6-10,15-18H2,1-5H3. The van der Waals surface area contributed by atoms with Crippen molar-refractivity contribution in [2.24, 2.45) is 0 Å². The lowest BCUT2D eigenvalue weighted by Gasteiger charge is -2.30. The summed E-state index contributed by atoms with van der Waals surface area (Å²) in [6.07, 6.45) is 3.38. The van der Waals surface area contributed by atoms with Crippen LogP contribution in [0.25, 0.3) is 22.6 Å². The lowest BCUT2D eigenvalue weighted by molar-refractivity contribution is 0.294. The zero-order valence-electron chi connectivity index (χ0n) is 20.5. The van der Waals surface area contributed by atoms with Crippen LogP contribution in [0.1, 0.15) is 34.6 Å². The van der Waals surface area contributed by atoms with Crippen molar-refractivity contribution >= 4 is 16.9 Å². The van der Waals surface area contributed by atoms with Crippen LogP contribution in [0.5, 0.6) is 0 Å². The van der Waals surface area contributed by atoms with Gasteiger partial charge in [0.1, 0.15) is 17.7 Å². The van der Waals surface area contributed by atoms with E-state index in [-0.39, 0.29) is 0 Å². The quantitative estimate of drug-likeness (QED) is 0.403. The number of aromatic nitrogens is 4. The summed E-state index contributed by atoms with van der Waals surface area (Å²) in [6.45, 7) is 20.5. The number of hydrogen-bond donors (Lipinski definition) is 0. The van der Waals surface area contributed by atoms with Crippen LogP contribution in [-0.2, 0) is 6.54 Å². The summed E-state index contributed by atoms with van der Waals surface area (Å²) in [5, 5.41) is 0. The van der Waals surface area contributed by atoms with Gasteiger partial charge < -0.3 is 19.3 Å². The molecule has 7 heteroatoms. The molecule has 32 heavy (non-hydrogen) atoms. The van der Waals surface area contributed by atoms with Crippen molar-refractivity contribution in [3.63, 3.8) is 0 Å². The summed E-state index contributed by atoms with van der Waals surface area (Å²) < 4.78 is 2.16. The Balaban J connectivity index is 1.83. The van der Waals surface area contributed by atoms with E-state index in [1.807, 2.05) is 0 Å². The Labute approximate surface area is 193 Å². The fraction of sp³-hybridized carbons (Fsp3) is 0.560. The van der Waals surface area contributed by atoms with E-state index in [9.17, 15) is 0 Å². The first-order valence-electron chi connectivity index (χ1n) is 12.1. The number of hydrogen-bond acceptors (Lipinski definition) is 6. The molecule has 0 saturated carbocycles. The summed E-state index contributed by atoms with van der Waals surface area (Å²) in [6, 6.07) is 8.87. The topological polar surface area (TPSA) is 53.3 Å². The van der Waals surface area contributed by atoms with Crippen LogP contribution >= 0.6 is 0 Å². The van der Waals surface area contributed by atoms with Gasteiger partial charge in [0.05, 0.1) is 6.20 Å². The number of likely N-dealkylation sites (N-methyl/N-ethyl adjacent to an activating group) is 2. The van der Waals surface area contributed by atoms with Gasteiger partial charge >= 0.3 is 0 Å². The van der Waals surface area contributed by atoms with Gasteiger partial charge in [-0.15, -0.1) is 0 Å². The second-order valence-electron chi connectivity index (χ2n) is 8.00. The summed E-state index contributed by atoms with van der Waals surface area (Å²) in [5.74, 6) is 0.951. The highest BCUT2D eigenvalue weighted by Gasteiger charge is 2.14. The SMILES string of the molecule is CCN(CC)CCN(CCN(CC)CC)c1ccc(-c2nc3cncnc3n2CC)cc1. The maximum atomic E-state index is 4.80. The highest BCUT2D eigenvalue weighted by atomic mass is 15.2. The molecule has 0 amide bonds. The minimum Gasteiger partial charge on any atom is -0.369 e. The van der Waals surface area contributed by atoms with E-state index in [1.54, 1.807) is 12.5 Å². The smallest absolute Gasteiger partial charge is 0.163 e. The minimum absolute atomic E-state index is 0.824. The van der Waals surface area contributed by atoms with Crippen molar-refractivity contribution in [3.05, 3.63) is 36.8 Å². The lowest BCUT2D eigenvalue weighted by Crippen LogP contribution is -2.39. The van der Waals surface area contributed by atoms with Gasteiger partial charge in [-0.05, 0) is 57.4 Å². The normalized spacial score (nSPS) is 11.7. The third-order valence-corrected chi connectivity index (χ3v) is 6.38. The fourth-order valence-electron chi connectivity index (χ4n) is 4.19. The minimum atomic E-state index is 0.824. The predicted molar refractivity (Wildman–Crippen MR) is 134 cm³/mol. The molecule has 2 aromatic heterocycles. The van der Waals surface area contributed by atoms with Crippen molar-refractivity contribution in [2.45, 2.75) is 41.2 Å². The van der Waals surface area contributed by atoms with E-state index in [0.717, 1.165) is 81.5 Å². The number of imidazole rings is 1. The Bertz CT molecular complexity index is 927. The molecule has 0 spiro atoms. The van der Waals surface area contributed by atoms with Gasteiger partial charge in [-0.2, -0.15) is 0 Å². The average molecular weight is 438 g/mol. The molecule has 0 aliphatic rings. The van der Waals surface area contributed by atoms with Gasteiger partial charge in [0.15, 0.2) is 5.65 Å². The van der Waals surface area contributed by atoms with Crippen LogP contribution in [0, 0.1) is 0 Å². The van der Waals surface area contributed by atoms with Gasteiger partial charge in [-0.3, -0.25) is 0 Å². The third-order valence-electron chi connectivity index (χ3n) is 6.38.